The molecular weight excluding hydrogens is 286 g/mol. The van der Waals surface area contributed by atoms with Crippen molar-refractivity contribution in [3.8, 4) is 0 Å². The molecule has 104 valence electrons. The normalized spacial score (nSPS) is 20.6. The maximum Gasteiger partial charge on any atom is 0.332 e. The Morgan fingerprint density at radius 1 is 1.18 bits per heavy atom. The molecule has 0 saturated carbocycles. The Hall–Kier alpha value is 0.690. The summed E-state index contributed by atoms with van der Waals surface area (Å²) in [5.74, 6) is 0. The zero-order valence-electron chi connectivity index (χ0n) is 10.4. The van der Waals surface area contributed by atoms with Gasteiger partial charge in [0.15, 0.2) is 0 Å². The molecule has 4 unspecified atom stereocenters. The zero-order valence-corrected chi connectivity index (χ0v) is 12.8. The number of hydrogen-bond acceptors (Lipinski definition) is 4. The molecule has 7 heteroatoms. The summed E-state index contributed by atoms with van der Waals surface area (Å²) >= 11 is 11.5. The summed E-state index contributed by atoms with van der Waals surface area (Å²) in [6, 6.07) is 0. The quantitative estimate of drug-likeness (QED) is 0.525. The van der Waals surface area contributed by atoms with E-state index in [1.165, 1.54) is 0 Å². The second-order valence-electron chi connectivity index (χ2n) is 4.01. The number of aliphatic hydroxyl groups excluding tert-OH is 1. The lowest BCUT2D eigenvalue weighted by molar-refractivity contribution is 0.0898. The van der Waals surface area contributed by atoms with Gasteiger partial charge in [-0.05, 0) is 20.3 Å². The molecule has 0 rings (SSSR count). The standard InChI is InChI=1S/C10H21Cl2O4P/c1-4-10(13)6-16-17(14,7-9(3)12)15-5-8(2)11/h8-10,13H,4-7H2,1-3H3. The minimum absolute atomic E-state index is 0.0198. The van der Waals surface area contributed by atoms with Crippen molar-refractivity contribution in [3.63, 3.8) is 0 Å². The predicted molar refractivity (Wildman–Crippen MR) is 71.3 cm³/mol. The van der Waals surface area contributed by atoms with Gasteiger partial charge in [0.1, 0.15) is 0 Å². The van der Waals surface area contributed by atoms with Crippen LogP contribution in [0.5, 0.6) is 0 Å². The van der Waals surface area contributed by atoms with Gasteiger partial charge < -0.3 is 14.2 Å². The Labute approximate surface area is 113 Å². The van der Waals surface area contributed by atoms with Gasteiger partial charge in [-0.25, -0.2) is 0 Å². The van der Waals surface area contributed by atoms with Crippen LogP contribution in [0.25, 0.3) is 0 Å². The smallest absolute Gasteiger partial charge is 0.332 e. The molecule has 0 aromatic heterocycles. The highest BCUT2D eigenvalue weighted by atomic mass is 35.5. The first-order valence-corrected chi connectivity index (χ1v) is 8.23. The molecule has 1 N–H and O–H groups in total. The molecule has 0 fully saturated rings. The molecule has 4 nitrogen and oxygen atoms in total. The summed E-state index contributed by atoms with van der Waals surface area (Å²) in [4.78, 5) is 0. The maximum atomic E-state index is 12.2. The molecule has 0 radical (unpaired) electrons. The van der Waals surface area contributed by atoms with E-state index in [9.17, 15) is 9.67 Å². The van der Waals surface area contributed by atoms with E-state index in [4.69, 9.17) is 32.2 Å². The molecule has 4 atom stereocenters. The molecule has 17 heavy (non-hydrogen) atoms. The van der Waals surface area contributed by atoms with Crippen LogP contribution in [-0.2, 0) is 13.6 Å². The monoisotopic (exact) mass is 306 g/mol. The van der Waals surface area contributed by atoms with E-state index in [-0.39, 0.29) is 30.1 Å². The number of hydrogen-bond donors (Lipinski definition) is 1. The van der Waals surface area contributed by atoms with Crippen molar-refractivity contribution in [1.29, 1.82) is 0 Å². The van der Waals surface area contributed by atoms with Crippen LogP contribution in [-0.4, -0.2) is 41.3 Å². The van der Waals surface area contributed by atoms with Gasteiger partial charge in [-0.2, -0.15) is 0 Å². The van der Waals surface area contributed by atoms with Crippen LogP contribution < -0.4 is 0 Å². The van der Waals surface area contributed by atoms with Crippen molar-refractivity contribution >= 4 is 30.8 Å². The van der Waals surface area contributed by atoms with Crippen molar-refractivity contribution in [3.05, 3.63) is 0 Å². The van der Waals surface area contributed by atoms with Gasteiger partial charge in [0, 0.05) is 5.38 Å². The molecular formula is C10H21Cl2O4P. The number of aliphatic hydroxyl groups is 1. The van der Waals surface area contributed by atoms with E-state index in [2.05, 4.69) is 0 Å². The molecule has 0 heterocycles. The van der Waals surface area contributed by atoms with Crippen molar-refractivity contribution in [2.24, 2.45) is 0 Å². The number of halogens is 2. The summed E-state index contributed by atoms with van der Waals surface area (Å²) in [6.07, 6.45) is -0.0114. The molecule has 0 aliphatic heterocycles. The fourth-order valence-corrected chi connectivity index (χ4v) is 3.39. The van der Waals surface area contributed by atoms with Crippen LogP contribution >= 0.6 is 30.8 Å². The molecule has 0 spiro atoms. The van der Waals surface area contributed by atoms with E-state index in [0.717, 1.165) is 0 Å². The van der Waals surface area contributed by atoms with Crippen LogP contribution in [0.15, 0.2) is 0 Å². The van der Waals surface area contributed by atoms with Crippen LogP contribution in [0, 0.1) is 0 Å². The van der Waals surface area contributed by atoms with E-state index < -0.39 is 13.7 Å². The van der Waals surface area contributed by atoms with Crippen LogP contribution in [0.1, 0.15) is 27.2 Å². The average Bonchev–Trinajstić information content (AvgIpc) is 2.22. The average molecular weight is 307 g/mol. The van der Waals surface area contributed by atoms with Crippen LogP contribution in [0.2, 0.25) is 0 Å². The van der Waals surface area contributed by atoms with Gasteiger partial charge >= 0.3 is 7.60 Å². The maximum absolute atomic E-state index is 12.2. The second kappa shape index (κ2) is 8.73. The first-order chi connectivity index (χ1) is 7.79. The molecule has 0 aliphatic carbocycles. The number of rotatable bonds is 9. The van der Waals surface area contributed by atoms with E-state index in [1.807, 2.05) is 6.92 Å². The highest BCUT2D eigenvalue weighted by Gasteiger charge is 2.28. The molecule has 0 saturated heterocycles. The Bertz CT molecular complexity index is 248. The Morgan fingerprint density at radius 3 is 2.12 bits per heavy atom. The van der Waals surface area contributed by atoms with Crippen molar-refractivity contribution in [2.45, 2.75) is 44.1 Å². The Balaban J connectivity index is 4.34. The van der Waals surface area contributed by atoms with Gasteiger partial charge in [0.25, 0.3) is 0 Å². The lowest BCUT2D eigenvalue weighted by Gasteiger charge is -2.21. The lowest BCUT2D eigenvalue weighted by Crippen LogP contribution is -2.17. The Morgan fingerprint density at radius 2 is 1.71 bits per heavy atom. The summed E-state index contributed by atoms with van der Waals surface area (Å²) in [6.45, 7) is 5.36. The van der Waals surface area contributed by atoms with E-state index >= 15 is 0 Å². The Kier molecular flexibility index (Phi) is 9.09. The topological polar surface area (TPSA) is 55.8 Å². The van der Waals surface area contributed by atoms with Gasteiger partial charge in [0.2, 0.25) is 0 Å². The molecule has 0 amide bonds. The van der Waals surface area contributed by atoms with Crippen molar-refractivity contribution < 1.29 is 18.7 Å². The fraction of sp³-hybridized carbons (Fsp3) is 1.00. The third-order valence-electron chi connectivity index (χ3n) is 1.91. The second-order valence-corrected chi connectivity index (χ2v) is 7.60. The van der Waals surface area contributed by atoms with Crippen LogP contribution in [0.4, 0.5) is 0 Å². The highest BCUT2D eigenvalue weighted by molar-refractivity contribution is 7.54. The van der Waals surface area contributed by atoms with E-state index in [0.29, 0.717) is 6.42 Å². The summed E-state index contributed by atoms with van der Waals surface area (Å²) < 4.78 is 22.6. The number of alkyl halides is 2. The first-order valence-electron chi connectivity index (χ1n) is 5.63. The third-order valence-corrected chi connectivity index (χ3v) is 4.49. The van der Waals surface area contributed by atoms with Gasteiger partial charge in [0.05, 0.1) is 30.9 Å². The van der Waals surface area contributed by atoms with Crippen LogP contribution in [0.3, 0.4) is 0 Å². The third kappa shape index (κ3) is 9.29. The minimum atomic E-state index is -3.27. The van der Waals surface area contributed by atoms with E-state index in [1.54, 1.807) is 13.8 Å². The van der Waals surface area contributed by atoms with Crippen molar-refractivity contribution in [2.75, 3.05) is 19.4 Å². The molecule has 0 aromatic rings. The summed E-state index contributed by atoms with van der Waals surface area (Å²) in [5.41, 5.74) is 0. The largest absolute Gasteiger partial charge is 0.391 e. The van der Waals surface area contributed by atoms with Gasteiger partial charge in [-0.15, -0.1) is 23.2 Å². The van der Waals surface area contributed by atoms with Gasteiger partial charge in [-0.1, -0.05) is 6.92 Å². The summed E-state index contributed by atoms with van der Waals surface area (Å²) in [7, 11) is -3.27. The molecule has 0 aliphatic rings. The fourth-order valence-electron chi connectivity index (χ4n) is 0.985. The van der Waals surface area contributed by atoms with Crippen molar-refractivity contribution in [1.82, 2.24) is 0 Å². The first kappa shape index (κ1) is 17.7. The SMILES string of the molecule is CCC(O)COP(=O)(CC(C)Cl)OCC(C)Cl. The minimum Gasteiger partial charge on any atom is -0.391 e. The zero-order chi connectivity index (χ0) is 13.5. The summed E-state index contributed by atoms with van der Waals surface area (Å²) in [5, 5.41) is 8.79. The lowest BCUT2D eigenvalue weighted by atomic mass is 10.3. The highest BCUT2D eigenvalue weighted by Crippen LogP contribution is 2.49. The predicted octanol–water partition coefficient (Wildman–Crippen LogP) is 3.24. The molecule has 0 aromatic carbocycles. The van der Waals surface area contributed by atoms with Gasteiger partial charge in [-0.3, -0.25) is 4.57 Å². The molecule has 0 bridgehead atoms.